The van der Waals surface area contributed by atoms with E-state index in [1.807, 2.05) is 49.4 Å². The van der Waals surface area contributed by atoms with Gasteiger partial charge in [0.15, 0.2) is 11.5 Å². The third kappa shape index (κ3) is 5.31. The number of fused-ring (bicyclic) bond motifs is 1. The molecule has 0 atom stereocenters. The molecular formula is C20H24N2O4. The van der Waals surface area contributed by atoms with Gasteiger partial charge in [-0.2, -0.15) is 0 Å². The van der Waals surface area contributed by atoms with Gasteiger partial charge in [0.1, 0.15) is 25.6 Å². The molecule has 0 spiro atoms. The zero-order chi connectivity index (χ0) is 18.2. The van der Waals surface area contributed by atoms with Crippen LogP contribution in [0.4, 0.5) is 4.79 Å². The molecule has 0 saturated carbocycles. The SMILES string of the molecule is Cc1cccc(OCCNC(=O)NCCc2ccc3c(c2)OCCO3)c1. The van der Waals surface area contributed by atoms with E-state index in [1.54, 1.807) is 0 Å². The third-order valence-electron chi connectivity index (χ3n) is 3.95. The number of aryl methyl sites for hydroxylation is 1. The van der Waals surface area contributed by atoms with Crippen LogP contribution in [-0.2, 0) is 6.42 Å². The van der Waals surface area contributed by atoms with E-state index in [0.717, 1.165) is 34.8 Å². The third-order valence-corrected chi connectivity index (χ3v) is 3.95. The second kappa shape index (κ2) is 8.99. The van der Waals surface area contributed by atoms with Crippen molar-refractivity contribution in [1.82, 2.24) is 10.6 Å². The van der Waals surface area contributed by atoms with E-state index in [9.17, 15) is 4.79 Å². The Kier molecular flexibility index (Phi) is 6.19. The van der Waals surface area contributed by atoms with Crippen molar-refractivity contribution in [1.29, 1.82) is 0 Å². The lowest BCUT2D eigenvalue weighted by molar-refractivity contribution is 0.171. The molecule has 26 heavy (non-hydrogen) atoms. The fourth-order valence-electron chi connectivity index (χ4n) is 2.66. The quantitative estimate of drug-likeness (QED) is 0.749. The largest absolute Gasteiger partial charge is 0.492 e. The Morgan fingerprint density at radius 3 is 2.69 bits per heavy atom. The molecule has 6 heteroatoms. The first-order chi connectivity index (χ1) is 12.7. The lowest BCUT2D eigenvalue weighted by atomic mass is 10.1. The topological polar surface area (TPSA) is 68.8 Å². The number of carbonyl (C=O) groups excluding carboxylic acids is 1. The summed E-state index contributed by atoms with van der Waals surface area (Å²) in [6, 6.07) is 13.5. The highest BCUT2D eigenvalue weighted by Crippen LogP contribution is 2.30. The van der Waals surface area contributed by atoms with E-state index in [-0.39, 0.29) is 6.03 Å². The first-order valence-electron chi connectivity index (χ1n) is 8.80. The van der Waals surface area contributed by atoms with Crippen LogP contribution in [0.1, 0.15) is 11.1 Å². The number of carbonyl (C=O) groups is 1. The maximum atomic E-state index is 11.8. The van der Waals surface area contributed by atoms with Crippen LogP contribution >= 0.6 is 0 Å². The summed E-state index contributed by atoms with van der Waals surface area (Å²) in [4.78, 5) is 11.8. The maximum Gasteiger partial charge on any atom is 0.314 e. The van der Waals surface area contributed by atoms with Crippen molar-refractivity contribution in [3.05, 3.63) is 53.6 Å². The summed E-state index contributed by atoms with van der Waals surface area (Å²) in [5.41, 5.74) is 2.24. The molecule has 0 aliphatic carbocycles. The lowest BCUT2D eigenvalue weighted by Gasteiger charge is -2.18. The molecule has 1 aliphatic rings. The number of hydrogen-bond acceptors (Lipinski definition) is 4. The Morgan fingerprint density at radius 2 is 1.85 bits per heavy atom. The van der Waals surface area contributed by atoms with Gasteiger partial charge < -0.3 is 24.8 Å². The minimum atomic E-state index is -0.199. The van der Waals surface area contributed by atoms with Crippen LogP contribution in [0.2, 0.25) is 0 Å². The van der Waals surface area contributed by atoms with Crippen LogP contribution in [0.15, 0.2) is 42.5 Å². The number of amides is 2. The van der Waals surface area contributed by atoms with Crippen molar-refractivity contribution in [2.45, 2.75) is 13.3 Å². The number of rotatable bonds is 7. The summed E-state index contributed by atoms with van der Waals surface area (Å²) in [6.07, 6.45) is 0.726. The smallest absolute Gasteiger partial charge is 0.314 e. The van der Waals surface area contributed by atoms with Crippen LogP contribution in [0.25, 0.3) is 0 Å². The molecule has 2 aromatic carbocycles. The molecule has 1 aliphatic heterocycles. The highest BCUT2D eigenvalue weighted by atomic mass is 16.6. The fourth-order valence-corrected chi connectivity index (χ4v) is 2.66. The number of ether oxygens (including phenoxy) is 3. The van der Waals surface area contributed by atoms with Crippen molar-refractivity contribution in [2.24, 2.45) is 0 Å². The van der Waals surface area contributed by atoms with E-state index in [4.69, 9.17) is 14.2 Å². The molecule has 6 nitrogen and oxygen atoms in total. The van der Waals surface area contributed by atoms with E-state index >= 15 is 0 Å². The average molecular weight is 356 g/mol. The van der Waals surface area contributed by atoms with Crippen LogP contribution in [0.3, 0.4) is 0 Å². The van der Waals surface area contributed by atoms with Crippen molar-refractivity contribution >= 4 is 6.03 Å². The Hall–Kier alpha value is -2.89. The molecule has 138 valence electrons. The minimum Gasteiger partial charge on any atom is -0.492 e. The monoisotopic (exact) mass is 356 g/mol. The highest BCUT2D eigenvalue weighted by Gasteiger charge is 2.11. The molecule has 2 amide bonds. The lowest BCUT2D eigenvalue weighted by Crippen LogP contribution is -2.38. The molecular weight excluding hydrogens is 332 g/mol. The zero-order valence-corrected chi connectivity index (χ0v) is 14.9. The molecule has 3 rings (SSSR count). The van der Waals surface area contributed by atoms with Gasteiger partial charge in [-0.25, -0.2) is 4.79 Å². The Morgan fingerprint density at radius 1 is 1.04 bits per heavy atom. The van der Waals surface area contributed by atoms with E-state index in [1.165, 1.54) is 0 Å². The average Bonchev–Trinajstić information content (AvgIpc) is 2.65. The van der Waals surface area contributed by atoms with Crippen molar-refractivity contribution in [3.8, 4) is 17.2 Å². The second-order valence-corrected chi connectivity index (χ2v) is 6.08. The van der Waals surface area contributed by atoms with Crippen LogP contribution in [-0.4, -0.2) is 38.9 Å². The Bertz CT molecular complexity index is 748. The van der Waals surface area contributed by atoms with E-state index < -0.39 is 0 Å². The normalized spacial score (nSPS) is 12.3. The maximum absolute atomic E-state index is 11.8. The van der Waals surface area contributed by atoms with Gasteiger partial charge >= 0.3 is 6.03 Å². The molecule has 0 aromatic heterocycles. The summed E-state index contributed by atoms with van der Waals surface area (Å²) in [5.74, 6) is 2.36. The number of nitrogens with one attached hydrogen (secondary N) is 2. The Labute approximate surface area is 153 Å². The van der Waals surface area contributed by atoms with Gasteiger partial charge in [0.25, 0.3) is 0 Å². The van der Waals surface area contributed by atoms with Crippen molar-refractivity contribution in [2.75, 3.05) is 32.9 Å². The second-order valence-electron chi connectivity index (χ2n) is 6.08. The van der Waals surface area contributed by atoms with Gasteiger partial charge in [0.2, 0.25) is 0 Å². The summed E-state index contributed by atoms with van der Waals surface area (Å²) < 4.78 is 16.7. The summed E-state index contributed by atoms with van der Waals surface area (Å²) in [5, 5.41) is 5.63. The van der Waals surface area contributed by atoms with E-state index in [2.05, 4.69) is 10.6 Å². The van der Waals surface area contributed by atoms with Crippen LogP contribution in [0, 0.1) is 6.92 Å². The van der Waals surface area contributed by atoms with Crippen LogP contribution < -0.4 is 24.8 Å². The summed E-state index contributed by atoms with van der Waals surface area (Å²) >= 11 is 0. The Balaban J connectivity index is 1.32. The molecule has 1 heterocycles. The standard InChI is InChI=1S/C20H24N2O4/c1-15-3-2-4-17(13-15)24-10-9-22-20(23)21-8-7-16-5-6-18-19(14-16)26-12-11-25-18/h2-6,13-14H,7-12H2,1H3,(H2,21,22,23). The molecule has 0 bridgehead atoms. The molecule has 0 unspecified atom stereocenters. The number of urea groups is 1. The summed E-state index contributed by atoms with van der Waals surface area (Å²) in [6.45, 7) is 4.59. The highest BCUT2D eigenvalue weighted by molar-refractivity contribution is 5.73. The number of benzene rings is 2. The van der Waals surface area contributed by atoms with E-state index in [0.29, 0.717) is 32.9 Å². The fraction of sp³-hybridized carbons (Fsp3) is 0.350. The van der Waals surface area contributed by atoms with Gasteiger partial charge in [0, 0.05) is 6.54 Å². The molecule has 0 fully saturated rings. The van der Waals surface area contributed by atoms with Gasteiger partial charge in [-0.05, 0) is 48.7 Å². The molecule has 0 radical (unpaired) electrons. The first-order valence-corrected chi connectivity index (χ1v) is 8.80. The predicted octanol–water partition coefficient (Wildman–Crippen LogP) is 2.69. The van der Waals surface area contributed by atoms with Crippen LogP contribution in [0.5, 0.6) is 17.2 Å². The van der Waals surface area contributed by atoms with Crippen molar-refractivity contribution in [3.63, 3.8) is 0 Å². The van der Waals surface area contributed by atoms with Gasteiger partial charge in [-0.15, -0.1) is 0 Å². The zero-order valence-electron chi connectivity index (χ0n) is 14.9. The van der Waals surface area contributed by atoms with Crippen molar-refractivity contribution < 1.29 is 19.0 Å². The summed E-state index contributed by atoms with van der Waals surface area (Å²) in [7, 11) is 0. The number of hydrogen-bond donors (Lipinski definition) is 2. The first kappa shape index (κ1) is 17.9. The molecule has 0 saturated heterocycles. The van der Waals surface area contributed by atoms with Gasteiger partial charge in [0.05, 0.1) is 6.54 Å². The predicted molar refractivity (Wildman–Crippen MR) is 99.2 cm³/mol. The van der Waals surface area contributed by atoms with Gasteiger partial charge in [-0.1, -0.05) is 18.2 Å². The molecule has 2 N–H and O–H groups in total. The minimum absolute atomic E-state index is 0.199. The molecule has 2 aromatic rings. The van der Waals surface area contributed by atoms with Gasteiger partial charge in [-0.3, -0.25) is 0 Å².